The number of hydrogen-bond donors (Lipinski definition) is 0. The van der Waals surface area contributed by atoms with Gasteiger partial charge in [-0.05, 0) is 50.3 Å². The molecule has 0 atom stereocenters. The van der Waals surface area contributed by atoms with Crippen molar-refractivity contribution >= 4 is 0 Å². The summed E-state index contributed by atoms with van der Waals surface area (Å²) in [4.78, 5) is 0. The van der Waals surface area contributed by atoms with Crippen LogP contribution >= 0.6 is 0 Å². The van der Waals surface area contributed by atoms with Crippen LogP contribution in [0.25, 0.3) is 0 Å². The van der Waals surface area contributed by atoms with Crippen molar-refractivity contribution in [2.24, 2.45) is 0 Å². The Balaban J connectivity index is 1.81. The number of aryl methyl sites for hydroxylation is 1. The van der Waals surface area contributed by atoms with Gasteiger partial charge >= 0.3 is 0 Å². The molecule has 0 spiro atoms. The Morgan fingerprint density at radius 2 is 1.53 bits per heavy atom. The zero-order chi connectivity index (χ0) is 10.3. The highest BCUT2D eigenvalue weighted by atomic mass is 16.5. The molecule has 0 bridgehead atoms. The maximum absolute atomic E-state index is 5.84. The van der Waals surface area contributed by atoms with Gasteiger partial charge in [-0.1, -0.05) is 6.07 Å². The second-order valence-electron chi connectivity index (χ2n) is 4.58. The van der Waals surface area contributed by atoms with Crippen LogP contribution in [0.2, 0.25) is 0 Å². The molecule has 2 heteroatoms. The first-order valence-corrected chi connectivity index (χ1v) is 5.75. The molecule has 0 radical (unpaired) electrons. The fraction of sp³-hybridized carbons (Fsp3) is 0.538. The average Bonchev–Trinajstić information content (AvgIpc) is 3.04. The Hall–Kier alpha value is -1.18. The maximum atomic E-state index is 5.84. The smallest absolute Gasteiger partial charge is 0.161 e. The number of rotatable bonds is 4. The van der Waals surface area contributed by atoms with Gasteiger partial charge in [0.2, 0.25) is 0 Å². The minimum Gasteiger partial charge on any atom is -0.487 e. The van der Waals surface area contributed by atoms with Crippen LogP contribution in [0.5, 0.6) is 11.5 Å². The summed E-state index contributed by atoms with van der Waals surface area (Å²) < 4.78 is 11.7. The largest absolute Gasteiger partial charge is 0.487 e. The summed E-state index contributed by atoms with van der Waals surface area (Å²) in [5, 5.41) is 0. The van der Waals surface area contributed by atoms with E-state index in [-0.39, 0.29) is 0 Å². The van der Waals surface area contributed by atoms with Crippen LogP contribution in [-0.4, -0.2) is 12.2 Å². The molecule has 2 fully saturated rings. The molecule has 2 nitrogen and oxygen atoms in total. The molecule has 1 aromatic carbocycles. The van der Waals surface area contributed by atoms with Gasteiger partial charge in [0.25, 0.3) is 0 Å². The van der Waals surface area contributed by atoms with Crippen LogP contribution in [0.15, 0.2) is 18.2 Å². The summed E-state index contributed by atoms with van der Waals surface area (Å²) in [6.45, 7) is 2.08. The molecule has 2 saturated carbocycles. The van der Waals surface area contributed by atoms with Crippen molar-refractivity contribution in [3.8, 4) is 11.5 Å². The van der Waals surface area contributed by atoms with Gasteiger partial charge in [0.1, 0.15) is 0 Å². The highest BCUT2D eigenvalue weighted by Gasteiger charge is 2.28. The Kier molecular flexibility index (Phi) is 2.08. The van der Waals surface area contributed by atoms with E-state index in [1.165, 1.54) is 31.2 Å². The summed E-state index contributed by atoms with van der Waals surface area (Å²) in [7, 11) is 0. The van der Waals surface area contributed by atoms with E-state index in [1.807, 2.05) is 6.07 Å². The fourth-order valence-electron chi connectivity index (χ4n) is 1.54. The summed E-state index contributed by atoms with van der Waals surface area (Å²) in [6.07, 6.45) is 5.64. The highest BCUT2D eigenvalue weighted by Crippen LogP contribution is 2.37. The van der Waals surface area contributed by atoms with Crippen LogP contribution in [0.3, 0.4) is 0 Å². The van der Waals surface area contributed by atoms with E-state index in [9.17, 15) is 0 Å². The van der Waals surface area contributed by atoms with Crippen molar-refractivity contribution in [1.29, 1.82) is 0 Å². The molecule has 0 unspecified atom stereocenters. The molecular formula is C13H16O2. The average molecular weight is 204 g/mol. The van der Waals surface area contributed by atoms with E-state index >= 15 is 0 Å². The lowest BCUT2D eigenvalue weighted by molar-refractivity contribution is 0.253. The van der Waals surface area contributed by atoms with E-state index in [1.54, 1.807) is 0 Å². The van der Waals surface area contributed by atoms with Gasteiger partial charge in [-0.3, -0.25) is 0 Å². The Bertz CT molecular complexity index is 365. The van der Waals surface area contributed by atoms with Crippen LogP contribution < -0.4 is 9.47 Å². The van der Waals surface area contributed by atoms with Gasteiger partial charge in [-0.15, -0.1) is 0 Å². The molecule has 15 heavy (non-hydrogen) atoms. The SMILES string of the molecule is Cc1ccc(OC2CC2)c(OC2CC2)c1. The summed E-state index contributed by atoms with van der Waals surface area (Å²) in [6, 6.07) is 6.19. The molecule has 2 aliphatic carbocycles. The lowest BCUT2D eigenvalue weighted by atomic mass is 10.2. The maximum Gasteiger partial charge on any atom is 0.161 e. The van der Waals surface area contributed by atoms with Crippen molar-refractivity contribution in [3.05, 3.63) is 23.8 Å². The van der Waals surface area contributed by atoms with E-state index in [0.29, 0.717) is 12.2 Å². The van der Waals surface area contributed by atoms with Gasteiger partial charge < -0.3 is 9.47 Å². The quantitative estimate of drug-likeness (QED) is 0.750. The second-order valence-corrected chi connectivity index (χ2v) is 4.58. The molecular weight excluding hydrogens is 188 g/mol. The molecule has 0 aliphatic heterocycles. The van der Waals surface area contributed by atoms with Crippen molar-refractivity contribution in [1.82, 2.24) is 0 Å². The van der Waals surface area contributed by atoms with Gasteiger partial charge in [0.15, 0.2) is 11.5 Å². The van der Waals surface area contributed by atoms with Crippen LogP contribution in [0, 0.1) is 6.92 Å². The fourth-order valence-corrected chi connectivity index (χ4v) is 1.54. The Morgan fingerprint density at radius 3 is 2.13 bits per heavy atom. The molecule has 3 rings (SSSR count). The minimum absolute atomic E-state index is 0.438. The molecule has 0 N–H and O–H groups in total. The third-order valence-electron chi connectivity index (χ3n) is 2.74. The molecule has 0 saturated heterocycles. The van der Waals surface area contributed by atoms with E-state index in [4.69, 9.17) is 9.47 Å². The zero-order valence-electron chi connectivity index (χ0n) is 9.03. The standard InChI is InChI=1S/C13H16O2/c1-9-2-7-12(14-10-3-4-10)13(8-9)15-11-5-6-11/h2,7-8,10-11H,3-6H2,1H3. The van der Waals surface area contributed by atoms with E-state index in [2.05, 4.69) is 19.1 Å². The Morgan fingerprint density at radius 1 is 0.933 bits per heavy atom. The van der Waals surface area contributed by atoms with Gasteiger partial charge in [-0.2, -0.15) is 0 Å². The van der Waals surface area contributed by atoms with Crippen molar-refractivity contribution in [2.75, 3.05) is 0 Å². The molecule has 0 amide bonds. The van der Waals surface area contributed by atoms with Crippen LogP contribution in [0.4, 0.5) is 0 Å². The molecule has 0 heterocycles. The highest BCUT2D eigenvalue weighted by molar-refractivity contribution is 5.43. The topological polar surface area (TPSA) is 18.5 Å². The lowest BCUT2D eigenvalue weighted by Crippen LogP contribution is -2.02. The first-order valence-electron chi connectivity index (χ1n) is 5.75. The zero-order valence-corrected chi connectivity index (χ0v) is 9.03. The van der Waals surface area contributed by atoms with Crippen molar-refractivity contribution < 1.29 is 9.47 Å². The van der Waals surface area contributed by atoms with Gasteiger partial charge in [-0.25, -0.2) is 0 Å². The minimum atomic E-state index is 0.438. The first-order chi connectivity index (χ1) is 7.31. The van der Waals surface area contributed by atoms with Crippen LogP contribution in [-0.2, 0) is 0 Å². The summed E-state index contributed by atoms with van der Waals surface area (Å²) >= 11 is 0. The first kappa shape index (κ1) is 9.08. The second kappa shape index (κ2) is 3.44. The predicted octanol–water partition coefficient (Wildman–Crippen LogP) is 3.08. The van der Waals surface area contributed by atoms with E-state index < -0.39 is 0 Å². The van der Waals surface area contributed by atoms with Gasteiger partial charge in [0.05, 0.1) is 12.2 Å². The number of hydrogen-bond acceptors (Lipinski definition) is 2. The predicted molar refractivity (Wildman–Crippen MR) is 58.5 cm³/mol. The van der Waals surface area contributed by atoms with Crippen molar-refractivity contribution in [2.45, 2.75) is 44.8 Å². The summed E-state index contributed by atoms with van der Waals surface area (Å²) in [5.41, 5.74) is 1.23. The third-order valence-corrected chi connectivity index (χ3v) is 2.74. The number of ether oxygens (including phenoxy) is 2. The normalized spacial score (nSPS) is 20.1. The van der Waals surface area contributed by atoms with Gasteiger partial charge in [0, 0.05) is 0 Å². The molecule has 2 aliphatic rings. The molecule has 0 aromatic heterocycles. The molecule has 1 aromatic rings. The van der Waals surface area contributed by atoms with Crippen molar-refractivity contribution in [3.63, 3.8) is 0 Å². The monoisotopic (exact) mass is 204 g/mol. The Labute approximate surface area is 90.2 Å². The molecule has 80 valence electrons. The number of benzene rings is 1. The summed E-state index contributed by atoms with van der Waals surface area (Å²) in [5.74, 6) is 1.86. The van der Waals surface area contributed by atoms with Crippen LogP contribution in [0.1, 0.15) is 31.2 Å². The van der Waals surface area contributed by atoms with E-state index in [0.717, 1.165) is 11.5 Å². The lowest BCUT2D eigenvalue weighted by Gasteiger charge is -2.12. The third kappa shape index (κ3) is 2.25.